The lowest BCUT2D eigenvalue weighted by Crippen LogP contribution is -2.51. The van der Waals surface area contributed by atoms with Crippen molar-refractivity contribution in [2.75, 3.05) is 20.7 Å². The molecular weight excluding hydrogens is 310 g/mol. The third kappa shape index (κ3) is 4.24. The fourth-order valence-corrected chi connectivity index (χ4v) is 2.77. The van der Waals surface area contributed by atoms with Gasteiger partial charge in [-0.2, -0.15) is 0 Å². The Bertz CT molecular complexity index is 600. The monoisotopic (exact) mass is 333 g/mol. The highest BCUT2D eigenvalue weighted by atomic mass is 16.5. The second kappa shape index (κ2) is 8.33. The number of carbonyl (C=O) groups is 3. The average Bonchev–Trinajstić information content (AvgIpc) is 2.65. The molecule has 1 heterocycles. The van der Waals surface area contributed by atoms with E-state index in [1.165, 1.54) is 12.0 Å². The van der Waals surface area contributed by atoms with Gasteiger partial charge in [0.1, 0.15) is 6.04 Å². The fraction of sp³-hybridized carbons (Fsp3) is 0.471. The number of hydrogen-bond acceptors (Lipinski definition) is 4. The van der Waals surface area contributed by atoms with Gasteiger partial charge in [0.2, 0.25) is 5.91 Å². The van der Waals surface area contributed by atoms with Crippen molar-refractivity contribution < 1.29 is 19.1 Å². The Balaban J connectivity index is 1.94. The molecule has 1 fully saturated rings. The van der Waals surface area contributed by atoms with Gasteiger partial charge in [0.15, 0.2) is 0 Å². The smallest absolute Gasteiger partial charge is 0.410 e. The number of benzene rings is 1. The molecule has 3 amide bonds. The van der Waals surface area contributed by atoms with Crippen LogP contribution < -0.4 is 10.6 Å². The lowest BCUT2D eigenvalue weighted by atomic mass is 10.0. The van der Waals surface area contributed by atoms with Crippen LogP contribution in [0.1, 0.15) is 35.2 Å². The van der Waals surface area contributed by atoms with Crippen LogP contribution >= 0.6 is 0 Å². The number of amides is 3. The summed E-state index contributed by atoms with van der Waals surface area (Å²) >= 11 is 0. The van der Waals surface area contributed by atoms with Gasteiger partial charge in [-0.25, -0.2) is 4.79 Å². The van der Waals surface area contributed by atoms with Crippen LogP contribution in [0.5, 0.6) is 0 Å². The molecule has 0 aliphatic carbocycles. The minimum Gasteiger partial charge on any atom is -0.453 e. The minimum absolute atomic E-state index is 0.151. The van der Waals surface area contributed by atoms with Gasteiger partial charge < -0.3 is 15.4 Å². The van der Waals surface area contributed by atoms with Gasteiger partial charge in [-0.05, 0) is 37.0 Å². The summed E-state index contributed by atoms with van der Waals surface area (Å²) in [7, 11) is 2.90. The van der Waals surface area contributed by atoms with Crippen molar-refractivity contribution in [3.8, 4) is 0 Å². The Kier molecular flexibility index (Phi) is 6.17. The van der Waals surface area contributed by atoms with Crippen molar-refractivity contribution in [2.45, 2.75) is 31.8 Å². The van der Waals surface area contributed by atoms with E-state index in [0.717, 1.165) is 18.4 Å². The van der Waals surface area contributed by atoms with Crippen molar-refractivity contribution in [3.63, 3.8) is 0 Å². The van der Waals surface area contributed by atoms with E-state index in [4.69, 9.17) is 4.74 Å². The molecule has 7 nitrogen and oxygen atoms in total. The summed E-state index contributed by atoms with van der Waals surface area (Å²) in [4.78, 5) is 37.1. The predicted octanol–water partition coefficient (Wildman–Crippen LogP) is 1.28. The number of nitrogens with zero attached hydrogens (tertiary/aromatic N) is 1. The Hall–Kier alpha value is -2.57. The Morgan fingerprint density at radius 3 is 2.54 bits per heavy atom. The van der Waals surface area contributed by atoms with Crippen LogP contribution in [0.3, 0.4) is 0 Å². The molecule has 1 atom stereocenters. The van der Waals surface area contributed by atoms with E-state index in [1.807, 2.05) is 0 Å². The maximum atomic E-state index is 12.4. The molecule has 0 bridgehead atoms. The molecule has 1 saturated heterocycles. The first-order valence-corrected chi connectivity index (χ1v) is 8.00. The van der Waals surface area contributed by atoms with E-state index >= 15 is 0 Å². The highest BCUT2D eigenvalue weighted by Gasteiger charge is 2.32. The van der Waals surface area contributed by atoms with Gasteiger partial charge in [0.05, 0.1) is 7.11 Å². The third-order valence-corrected chi connectivity index (χ3v) is 4.12. The first kappa shape index (κ1) is 17.8. The van der Waals surface area contributed by atoms with Gasteiger partial charge >= 0.3 is 6.09 Å². The van der Waals surface area contributed by atoms with Gasteiger partial charge in [-0.3, -0.25) is 14.5 Å². The standard InChI is InChI=1S/C17H23N3O4/c1-18-15(21)13-8-6-12(7-9-13)11-19-16(22)14-5-3-4-10-20(14)17(23)24-2/h6-9,14H,3-5,10-11H2,1-2H3,(H,18,21)(H,19,22). The summed E-state index contributed by atoms with van der Waals surface area (Å²) in [5.41, 5.74) is 1.45. The van der Waals surface area contributed by atoms with Crippen molar-refractivity contribution in [1.29, 1.82) is 0 Å². The first-order valence-electron chi connectivity index (χ1n) is 8.00. The summed E-state index contributed by atoms with van der Waals surface area (Å²) in [6, 6.07) is 6.52. The molecule has 0 spiro atoms. The summed E-state index contributed by atoms with van der Waals surface area (Å²) in [6.45, 7) is 0.879. The second-order valence-electron chi connectivity index (χ2n) is 5.67. The lowest BCUT2D eigenvalue weighted by Gasteiger charge is -2.33. The van der Waals surface area contributed by atoms with Crippen LogP contribution in [-0.2, 0) is 16.1 Å². The number of methoxy groups -OCH3 is 1. The number of likely N-dealkylation sites (tertiary alicyclic amines) is 1. The summed E-state index contributed by atoms with van der Waals surface area (Å²) < 4.78 is 4.75. The molecule has 130 valence electrons. The molecule has 0 saturated carbocycles. The zero-order valence-corrected chi connectivity index (χ0v) is 14.0. The maximum absolute atomic E-state index is 12.4. The Morgan fingerprint density at radius 2 is 1.92 bits per heavy atom. The lowest BCUT2D eigenvalue weighted by molar-refractivity contribution is -0.127. The van der Waals surface area contributed by atoms with Crippen LogP contribution in [0, 0.1) is 0 Å². The van der Waals surface area contributed by atoms with E-state index in [0.29, 0.717) is 25.1 Å². The largest absolute Gasteiger partial charge is 0.453 e. The maximum Gasteiger partial charge on any atom is 0.410 e. The van der Waals surface area contributed by atoms with Crippen LogP contribution in [0.15, 0.2) is 24.3 Å². The van der Waals surface area contributed by atoms with Crippen molar-refractivity contribution in [1.82, 2.24) is 15.5 Å². The molecule has 0 radical (unpaired) electrons. The van der Waals surface area contributed by atoms with Gasteiger partial charge in [-0.1, -0.05) is 12.1 Å². The number of nitrogens with one attached hydrogen (secondary N) is 2. The highest BCUT2D eigenvalue weighted by Crippen LogP contribution is 2.18. The van der Waals surface area contributed by atoms with E-state index in [9.17, 15) is 14.4 Å². The van der Waals surface area contributed by atoms with Crippen molar-refractivity contribution >= 4 is 17.9 Å². The SMILES string of the molecule is CNC(=O)c1ccc(CNC(=O)C2CCCCN2C(=O)OC)cc1. The molecule has 2 rings (SSSR count). The van der Waals surface area contributed by atoms with Crippen LogP contribution in [0.25, 0.3) is 0 Å². The molecule has 1 aromatic rings. The Labute approximate surface area is 141 Å². The predicted molar refractivity (Wildman–Crippen MR) is 88.4 cm³/mol. The molecule has 7 heteroatoms. The number of ether oxygens (including phenoxy) is 1. The molecule has 1 aliphatic heterocycles. The molecular formula is C17H23N3O4. The quantitative estimate of drug-likeness (QED) is 0.869. The molecule has 1 unspecified atom stereocenters. The first-order chi connectivity index (χ1) is 11.6. The summed E-state index contributed by atoms with van der Waals surface area (Å²) in [6.07, 6.45) is 1.95. The third-order valence-electron chi connectivity index (χ3n) is 4.12. The average molecular weight is 333 g/mol. The Morgan fingerprint density at radius 1 is 1.21 bits per heavy atom. The van der Waals surface area contributed by atoms with Crippen molar-refractivity contribution in [3.05, 3.63) is 35.4 Å². The van der Waals surface area contributed by atoms with Crippen LogP contribution in [0.4, 0.5) is 4.79 Å². The number of rotatable bonds is 4. The summed E-state index contributed by atoms with van der Waals surface area (Å²) in [5, 5.41) is 5.41. The zero-order chi connectivity index (χ0) is 17.5. The minimum atomic E-state index is -0.489. The summed E-state index contributed by atoms with van der Waals surface area (Å²) in [5.74, 6) is -0.336. The van der Waals surface area contributed by atoms with Gasteiger partial charge in [-0.15, -0.1) is 0 Å². The second-order valence-corrected chi connectivity index (χ2v) is 5.67. The number of carbonyl (C=O) groups excluding carboxylic acids is 3. The van der Waals surface area contributed by atoms with Gasteiger partial charge in [0, 0.05) is 25.7 Å². The van der Waals surface area contributed by atoms with Crippen LogP contribution in [-0.4, -0.2) is 49.6 Å². The number of piperidine rings is 1. The molecule has 0 aromatic heterocycles. The molecule has 1 aromatic carbocycles. The topological polar surface area (TPSA) is 87.7 Å². The zero-order valence-electron chi connectivity index (χ0n) is 14.0. The highest BCUT2D eigenvalue weighted by molar-refractivity contribution is 5.94. The number of hydrogen-bond donors (Lipinski definition) is 2. The van der Waals surface area contributed by atoms with E-state index in [1.54, 1.807) is 31.3 Å². The van der Waals surface area contributed by atoms with E-state index in [2.05, 4.69) is 10.6 Å². The fourth-order valence-electron chi connectivity index (χ4n) is 2.77. The van der Waals surface area contributed by atoms with E-state index < -0.39 is 12.1 Å². The normalized spacial score (nSPS) is 17.1. The molecule has 1 aliphatic rings. The van der Waals surface area contributed by atoms with Gasteiger partial charge in [0.25, 0.3) is 5.91 Å². The molecule has 2 N–H and O–H groups in total. The molecule has 24 heavy (non-hydrogen) atoms. The van der Waals surface area contributed by atoms with E-state index in [-0.39, 0.29) is 11.8 Å². The van der Waals surface area contributed by atoms with Crippen molar-refractivity contribution in [2.24, 2.45) is 0 Å². The van der Waals surface area contributed by atoms with Crippen LogP contribution in [0.2, 0.25) is 0 Å².